The Labute approximate surface area is 150 Å². The maximum Gasteiger partial charge on any atom is 0.265 e. The second-order valence-electron chi connectivity index (χ2n) is 6.14. The number of para-hydroxylation sites is 1. The van der Waals surface area contributed by atoms with Crippen molar-refractivity contribution in [3.8, 4) is 5.00 Å². The zero-order valence-corrected chi connectivity index (χ0v) is 14.9. The van der Waals surface area contributed by atoms with E-state index in [-0.39, 0.29) is 5.91 Å². The van der Waals surface area contributed by atoms with Crippen molar-refractivity contribution in [1.29, 1.82) is 0 Å². The number of aromatic nitrogens is 1. The number of anilines is 1. The number of fused-ring (bicyclic) bond motifs is 1. The van der Waals surface area contributed by atoms with Crippen LogP contribution in [-0.4, -0.2) is 10.5 Å². The van der Waals surface area contributed by atoms with Crippen molar-refractivity contribution >= 4 is 33.8 Å². The first-order valence-corrected chi connectivity index (χ1v) is 8.98. The quantitative estimate of drug-likeness (QED) is 0.517. The molecule has 2 aromatic heterocycles. The molecule has 3 nitrogen and oxygen atoms in total. The highest BCUT2D eigenvalue weighted by Gasteiger charge is 2.12. The van der Waals surface area contributed by atoms with Gasteiger partial charge in [-0.05, 0) is 66.8 Å². The van der Waals surface area contributed by atoms with E-state index in [0.29, 0.717) is 4.88 Å². The molecule has 0 bridgehead atoms. The summed E-state index contributed by atoms with van der Waals surface area (Å²) < 4.78 is 2.12. The summed E-state index contributed by atoms with van der Waals surface area (Å²) in [5.74, 6) is -0.0732. The lowest BCUT2D eigenvalue weighted by Gasteiger charge is -2.06. The van der Waals surface area contributed by atoms with Gasteiger partial charge in [-0.15, -0.1) is 11.3 Å². The van der Waals surface area contributed by atoms with Gasteiger partial charge in [0.15, 0.2) is 0 Å². The minimum atomic E-state index is -0.0732. The Bertz CT molecular complexity index is 1070. The lowest BCUT2D eigenvalue weighted by atomic mass is 10.1. The second-order valence-corrected chi connectivity index (χ2v) is 7.20. The van der Waals surface area contributed by atoms with Gasteiger partial charge >= 0.3 is 0 Å². The molecule has 1 amide bonds. The molecule has 0 aliphatic carbocycles. The van der Waals surface area contributed by atoms with E-state index in [0.717, 1.165) is 16.2 Å². The summed E-state index contributed by atoms with van der Waals surface area (Å²) in [7, 11) is 0. The molecular formula is C21H18N2OS. The van der Waals surface area contributed by atoms with Crippen LogP contribution >= 0.6 is 11.3 Å². The van der Waals surface area contributed by atoms with Crippen LogP contribution in [0.2, 0.25) is 0 Å². The molecule has 4 heteroatoms. The third kappa shape index (κ3) is 2.96. The van der Waals surface area contributed by atoms with Gasteiger partial charge < -0.3 is 9.88 Å². The van der Waals surface area contributed by atoms with Crippen LogP contribution in [0.3, 0.4) is 0 Å². The summed E-state index contributed by atoms with van der Waals surface area (Å²) in [6, 6.07) is 20.2. The predicted molar refractivity (Wildman–Crippen MR) is 105 cm³/mol. The first kappa shape index (κ1) is 15.7. The van der Waals surface area contributed by atoms with Crippen molar-refractivity contribution in [1.82, 2.24) is 4.57 Å². The maximum atomic E-state index is 12.5. The highest BCUT2D eigenvalue weighted by Crippen LogP contribution is 2.27. The van der Waals surface area contributed by atoms with Crippen LogP contribution in [0.4, 0.5) is 5.69 Å². The number of thiophene rings is 1. The van der Waals surface area contributed by atoms with Crippen molar-refractivity contribution in [3.63, 3.8) is 0 Å². The molecule has 2 heterocycles. The van der Waals surface area contributed by atoms with E-state index in [1.165, 1.54) is 27.8 Å². The van der Waals surface area contributed by atoms with Crippen LogP contribution in [0.1, 0.15) is 20.8 Å². The molecule has 2 aromatic carbocycles. The number of carbonyl (C=O) groups excluding carboxylic acids is 1. The van der Waals surface area contributed by atoms with Crippen molar-refractivity contribution < 1.29 is 4.79 Å². The molecule has 0 saturated heterocycles. The van der Waals surface area contributed by atoms with Gasteiger partial charge in [0.1, 0.15) is 5.00 Å². The maximum absolute atomic E-state index is 12.5. The molecule has 0 spiro atoms. The standard InChI is InChI=1S/C21H18N2OS/c1-14-7-8-17(13-15(14)2)22-21(24)19-9-10-20(25-19)23-12-11-16-5-3-4-6-18(16)23/h3-13H,1-2H3,(H,22,24). The fourth-order valence-corrected chi connectivity index (χ4v) is 3.76. The Morgan fingerprint density at radius 1 is 0.960 bits per heavy atom. The molecule has 0 saturated carbocycles. The third-order valence-corrected chi connectivity index (χ3v) is 5.50. The van der Waals surface area contributed by atoms with Crippen LogP contribution in [0, 0.1) is 13.8 Å². The first-order chi connectivity index (χ1) is 12.1. The Hall–Kier alpha value is -2.85. The molecule has 25 heavy (non-hydrogen) atoms. The summed E-state index contributed by atoms with van der Waals surface area (Å²) >= 11 is 1.49. The number of amides is 1. The zero-order valence-electron chi connectivity index (χ0n) is 14.1. The number of aryl methyl sites for hydroxylation is 2. The average molecular weight is 346 g/mol. The van der Waals surface area contributed by atoms with Crippen LogP contribution < -0.4 is 5.32 Å². The normalized spacial score (nSPS) is 11.0. The minimum absolute atomic E-state index is 0.0732. The molecule has 124 valence electrons. The molecule has 0 aliphatic rings. The monoisotopic (exact) mass is 346 g/mol. The molecule has 0 fully saturated rings. The SMILES string of the molecule is Cc1ccc(NC(=O)c2ccc(-n3ccc4ccccc43)s2)cc1C. The molecule has 0 unspecified atom stereocenters. The van der Waals surface area contributed by atoms with Gasteiger partial charge in [-0.1, -0.05) is 24.3 Å². The number of nitrogens with zero attached hydrogens (tertiary/aromatic N) is 1. The highest BCUT2D eigenvalue weighted by molar-refractivity contribution is 7.16. The van der Waals surface area contributed by atoms with Gasteiger partial charge in [-0.2, -0.15) is 0 Å². The van der Waals surface area contributed by atoms with Crippen molar-refractivity contribution in [2.24, 2.45) is 0 Å². The van der Waals surface area contributed by atoms with Gasteiger partial charge in [0, 0.05) is 11.9 Å². The van der Waals surface area contributed by atoms with Gasteiger partial charge in [0.25, 0.3) is 5.91 Å². The average Bonchev–Trinajstić information content (AvgIpc) is 3.24. The van der Waals surface area contributed by atoms with E-state index < -0.39 is 0 Å². The number of carbonyl (C=O) groups is 1. The Morgan fingerprint density at radius 3 is 2.64 bits per heavy atom. The van der Waals surface area contributed by atoms with E-state index in [1.807, 2.05) is 55.6 Å². The van der Waals surface area contributed by atoms with Crippen molar-refractivity contribution in [3.05, 3.63) is 82.9 Å². The van der Waals surface area contributed by atoms with Crippen LogP contribution in [0.25, 0.3) is 15.9 Å². The van der Waals surface area contributed by atoms with E-state index in [4.69, 9.17) is 0 Å². The van der Waals surface area contributed by atoms with E-state index in [1.54, 1.807) is 0 Å². The molecular weight excluding hydrogens is 328 g/mol. The van der Waals surface area contributed by atoms with E-state index in [2.05, 4.69) is 35.0 Å². The van der Waals surface area contributed by atoms with Crippen LogP contribution in [-0.2, 0) is 0 Å². The molecule has 1 N–H and O–H groups in total. The zero-order chi connectivity index (χ0) is 17.4. The van der Waals surface area contributed by atoms with Gasteiger partial charge in [0.2, 0.25) is 0 Å². The predicted octanol–water partition coefficient (Wildman–Crippen LogP) is 5.56. The summed E-state index contributed by atoms with van der Waals surface area (Å²) in [4.78, 5) is 13.2. The van der Waals surface area contributed by atoms with Gasteiger partial charge in [-0.25, -0.2) is 0 Å². The Morgan fingerprint density at radius 2 is 1.80 bits per heavy atom. The topological polar surface area (TPSA) is 34.0 Å². The second kappa shape index (κ2) is 6.22. The molecule has 0 aliphatic heterocycles. The Kier molecular flexibility index (Phi) is 3.90. The van der Waals surface area contributed by atoms with E-state index in [9.17, 15) is 4.79 Å². The highest BCUT2D eigenvalue weighted by atomic mass is 32.1. The summed E-state index contributed by atoms with van der Waals surface area (Å²) in [5, 5.41) is 5.21. The lowest BCUT2D eigenvalue weighted by Crippen LogP contribution is -2.10. The van der Waals surface area contributed by atoms with Crippen molar-refractivity contribution in [2.45, 2.75) is 13.8 Å². The lowest BCUT2D eigenvalue weighted by molar-refractivity contribution is 0.103. The number of nitrogens with one attached hydrogen (secondary N) is 1. The fraction of sp³-hybridized carbons (Fsp3) is 0.0952. The fourth-order valence-electron chi connectivity index (χ4n) is 2.87. The Balaban J connectivity index is 1.60. The van der Waals surface area contributed by atoms with Gasteiger partial charge in [-0.3, -0.25) is 4.79 Å². The largest absolute Gasteiger partial charge is 0.321 e. The number of hydrogen-bond acceptors (Lipinski definition) is 2. The van der Waals surface area contributed by atoms with Crippen LogP contribution in [0.15, 0.2) is 66.9 Å². The minimum Gasteiger partial charge on any atom is -0.321 e. The smallest absolute Gasteiger partial charge is 0.265 e. The summed E-state index contributed by atoms with van der Waals surface area (Å²) in [6.07, 6.45) is 2.04. The number of benzene rings is 2. The number of hydrogen-bond donors (Lipinski definition) is 1. The van der Waals surface area contributed by atoms with Crippen molar-refractivity contribution in [2.75, 3.05) is 5.32 Å². The first-order valence-electron chi connectivity index (χ1n) is 8.17. The summed E-state index contributed by atoms with van der Waals surface area (Å²) in [5.41, 5.74) is 4.36. The third-order valence-electron chi connectivity index (χ3n) is 4.42. The van der Waals surface area contributed by atoms with Crippen LogP contribution in [0.5, 0.6) is 0 Å². The number of rotatable bonds is 3. The molecule has 4 rings (SSSR count). The van der Waals surface area contributed by atoms with Gasteiger partial charge in [0.05, 0.1) is 10.4 Å². The molecule has 4 aromatic rings. The molecule has 0 radical (unpaired) electrons. The molecule has 0 atom stereocenters. The van der Waals surface area contributed by atoms with E-state index >= 15 is 0 Å². The summed E-state index contributed by atoms with van der Waals surface area (Å²) in [6.45, 7) is 4.11.